The van der Waals surface area contributed by atoms with Crippen molar-refractivity contribution < 1.29 is 33.7 Å². The maximum absolute atomic E-state index is 13.3. The average molecular weight is 631 g/mol. The molecule has 2 aliphatic heterocycles. The Hall–Kier alpha value is -3.96. The summed E-state index contributed by atoms with van der Waals surface area (Å²) in [5, 5.41) is 24.9. The van der Waals surface area contributed by atoms with Gasteiger partial charge in [0, 0.05) is 22.1 Å². The number of aliphatic carboxylic acids is 1. The summed E-state index contributed by atoms with van der Waals surface area (Å²) in [4.78, 5) is 61.7. The molecule has 0 aromatic carbocycles. The molecular formula is C25H26N8O6S3. The maximum Gasteiger partial charge on any atom is 0.282 e. The highest BCUT2D eigenvalue weighted by atomic mass is 32.2. The Bertz CT molecular complexity index is 1620. The normalized spacial score (nSPS) is 20.9. The van der Waals surface area contributed by atoms with E-state index in [4.69, 9.17) is 10.6 Å². The number of aromatic nitrogens is 3. The van der Waals surface area contributed by atoms with Gasteiger partial charge in [-0.15, -0.1) is 23.1 Å². The van der Waals surface area contributed by atoms with Gasteiger partial charge in [0.15, 0.2) is 10.8 Å². The highest BCUT2D eigenvalue weighted by Gasteiger charge is 2.53. The van der Waals surface area contributed by atoms with Crippen molar-refractivity contribution >= 4 is 74.3 Å². The lowest BCUT2D eigenvalue weighted by molar-refractivity contribution is -0.695. The second-order valence-electron chi connectivity index (χ2n) is 9.91. The molecule has 5 heterocycles. The van der Waals surface area contributed by atoms with Crippen molar-refractivity contribution in [2.45, 2.75) is 56.3 Å². The lowest BCUT2D eigenvalue weighted by atomic mass is 10.0. The first-order chi connectivity index (χ1) is 20.4. The summed E-state index contributed by atoms with van der Waals surface area (Å²) in [5.74, 6) is -1.69. The zero-order valence-corrected chi connectivity index (χ0v) is 24.5. The average Bonchev–Trinajstić information content (AvgIpc) is 3.78. The Morgan fingerprint density at radius 2 is 2.12 bits per heavy atom. The number of thioether (sulfide) groups is 1. The molecule has 1 saturated heterocycles. The molecule has 0 bridgehead atoms. The monoisotopic (exact) mass is 630 g/mol. The number of fused-ring (bicyclic) bond motifs is 2. The zero-order valence-electron chi connectivity index (χ0n) is 22.1. The third-order valence-electron chi connectivity index (χ3n) is 7.32. The first-order valence-electron chi connectivity index (χ1n) is 13.1. The van der Waals surface area contributed by atoms with Crippen LogP contribution in [0.3, 0.4) is 0 Å². The van der Waals surface area contributed by atoms with Gasteiger partial charge >= 0.3 is 0 Å². The van der Waals surface area contributed by atoms with Gasteiger partial charge in [-0.2, -0.15) is 4.40 Å². The van der Waals surface area contributed by atoms with E-state index in [1.807, 2.05) is 26.7 Å². The number of nitrogens with one attached hydrogen (secondary N) is 2. The van der Waals surface area contributed by atoms with Crippen LogP contribution in [0.5, 0.6) is 0 Å². The molecule has 0 radical (unpaired) electrons. The summed E-state index contributed by atoms with van der Waals surface area (Å²) in [6.07, 6.45) is 7.93. The first-order valence-corrected chi connectivity index (χ1v) is 15.9. The highest BCUT2D eigenvalue weighted by molar-refractivity contribution is 8.00. The number of imidazole rings is 1. The standard InChI is InChI=1S/C25H26N8O6S3/c26-25-28-15(11-42-25)18(30-39-14-3-1-2-4-14)21(35)29-19-22(36)33-20(24(37)38)13(10-41-23(19)33)8-31-9-17-32(5-6-40-17)16(31)7-27-12-34/h5-6,9,11-12,14,19,23H,1-4,7-8,10H2,(H4-,26,27,28,29,34,35,37,38)/b30-18-/t19-,23-/m1/s1. The van der Waals surface area contributed by atoms with Crippen LogP contribution in [0.15, 0.2) is 39.6 Å². The SMILES string of the molecule is Nc1nc(/C(=N/OC2CCCC2)C(=O)N[C@@H]2C(=O)N3C(C(=O)[O-])=C(C[n+]4cc5sccn5c4CNC=O)CS[C@H]23)cs1. The van der Waals surface area contributed by atoms with Gasteiger partial charge < -0.3 is 31.1 Å². The predicted octanol–water partition coefficient (Wildman–Crippen LogP) is -0.660. The predicted molar refractivity (Wildman–Crippen MR) is 152 cm³/mol. The maximum atomic E-state index is 13.3. The van der Waals surface area contributed by atoms with Gasteiger partial charge in [0.05, 0.1) is 11.7 Å². The number of nitrogen functional groups attached to an aromatic ring is 1. The number of amides is 3. The molecule has 220 valence electrons. The molecule has 3 aliphatic rings. The van der Waals surface area contributed by atoms with Gasteiger partial charge in [-0.25, -0.2) is 9.55 Å². The highest BCUT2D eigenvalue weighted by Crippen LogP contribution is 2.40. The number of nitrogens with two attached hydrogens (primary N) is 1. The summed E-state index contributed by atoms with van der Waals surface area (Å²) in [6.45, 7) is 0.405. The van der Waals surface area contributed by atoms with E-state index in [9.17, 15) is 24.3 Å². The fraction of sp³-hybridized carbons (Fsp3) is 0.400. The van der Waals surface area contributed by atoms with Crippen molar-refractivity contribution in [1.82, 2.24) is 24.9 Å². The molecular weight excluding hydrogens is 605 g/mol. The Labute approximate surface area is 251 Å². The number of oxime groups is 1. The molecule has 0 unspecified atom stereocenters. The lowest BCUT2D eigenvalue weighted by Crippen LogP contribution is -2.71. The largest absolute Gasteiger partial charge is 0.543 e. The number of anilines is 1. The van der Waals surface area contributed by atoms with Crippen LogP contribution < -0.4 is 26.0 Å². The minimum atomic E-state index is -1.48. The number of hydrogen-bond acceptors (Lipinski definition) is 12. The van der Waals surface area contributed by atoms with Gasteiger partial charge in [-0.05, 0) is 25.7 Å². The molecule has 0 spiro atoms. The van der Waals surface area contributed by atoms with Crippen molar-refractivity contribution in [3.8, 4) is 0 Å². The van der Waals surface area contributed by atoms with Crippen LogP contribution >= 0.6 is 34.4 Å². The second-order valence-corrected chi connectivity index (χ2v) is 12.8. The Kier molecular flexibility index (Phi) is 7.87. The van der Waals surface area contributed by atoms with Crippen molar-refractivity contribution in [3.63, 3.8) is 0 Å². The van der Waals surface area contributed by atoms with Crippen molar-refractivity contribution in [2.24, 2.45) is 5.16 Å². The number of rotatable bonds is 11. The van der Waals surface area contributed by atoms with Crippen LogP contribution in [0.4, 0.5) is 5.13 Å². The molecule has 14 nitrogen and oxygen atoms in total. The minimum Gasteiger partial charge on any atom is -0.543 e. The van der Waals surface area contributed by atoms with E-state index in [0.29, 0.717) is 12.0 Å². The molecule has 3 aromatic rings. The third-order valence-corrected chi connectivity index (χ3v) is 10.1. The molecule has 2 fully saturated rings. The third kappa shape index (κ3) is 5.22. The summed E-state index contributed by atoms with van der Waals surface area (Å²) in [5.41, 5.74) is 6.18. The van der Waals surface area contributed by atoms with E-state index in [1.54, 1.807) is 5.38 Å². The van der Waals surface area contributed by atoms with Gasteiger partial charge in [-0.3, -0.25) is 19.3 Å². The lowest BCUT2D eigenvalue weighted by Gasteiger charge is -2.50. The number of hydrogen-bond donors (Lipinski definition) is 3. The van der Waals surface area contributed by atoms with E-state index in [2.05, 4.69) is 20.8 Å². The molecule has 3 amide bonds. The molecule has 1 saturated carbocycles. The van der Waals surface area contributed by atoms with Gasteiger partial charge in [-0.1, -0.05) is 16.5 Å². The molecule has 42 heavy (non-hydrogen) atoms. The summed E-state index contributed by atoms with van der Waals surface area (Å²) < 4.78 is 3.75. The molecule has 2 atom stereocenters. The fourth-order valence-corrected chi connectivity index (χ4v) is 8.00. The van der Waals surface area contributed by atoms with Gasteiger partial charge in [0.25, 0.3) is 17.6 Å². The van der Waals surface area contributed by atoms with Crippen molar-refractivity contribution in [3.05, 3.63) is 45.9 Å². The number of carboxylic acid groups (broad SMARTS) is 1. The van der Waals surface area contributed by atoms with E-state index in [1.165, 1.54) is 28.0 Å². The fourth-order valence-electron chi connectivity index (χ4n) is 5.33. The number of carbonyl (C=O) groups excluding carboxylic acids is 4. The number of carboxylic acids is 1. The van der Waals surface area contributed by atoms with E-state index >= 15 is 0 Å². The number of nitrogens with zero attached hydrogens (tertiary/aromatic N) is 5. The van der Waals surface area contributed by atoms with E-state index in [0.717, 1.165) is 47.7 Å². The quantitative estimate of drug-likeness (QED) is 0.0813. The molecule has 1 aliphatic carbocycles. The second kappa shape index (κ2) is 11.7. The number of β-lactam (4-membered cyclic amide) rings is 1. The van der Waals surface area contributed by atoms with E-state index in [-0.39, 0.29) is 47.2 Å². The number of thiazole rings is 2. The molecule has 6 rings (SSSR count). The molecule has 4 N–H and O–H groups in total. The van der Waals surface area contributed by atoms with Crippen molar-refractivity contribution in [2.75, 3.05) is 11.5 Å². The topological polar surface area (TPSA) is 187 Å². The van der Waals surface area contributed by atoms with E-state index < -0.39 is 29.2 Å². The minimum absolute atomic E-state index is 0.0974. The zero-order chi connectivity index (χ0) is 29.4. The summed E-state index contributed by atoms with van der Waals surface area (Å²) in [7, 11) is 0. The van der Waals surface area contributed by atoms with Crippen LogP contribution in [0, 0.1) is 0 Å². The summed E-state index contributed by atoms with van der Waals surface area (Å²) >= 11 is 3.98. The van der Waals surface area contributed by atoms with Crippen LogP contribution in [0.2, 0.25) is 0 Å². The van der Waals surface area contributed by atoms with Crippen LogP contribution in [-0.4, -0.2) is 67.5 Å². The Morgan fingerprint density at radius 3 is 2.83 bits per heavy atom. The Balaban J connectivity index is 1.22. The molecule has 17 heteroatoms. The smallest absolute Gasteiger partial charge is 0.282 e. The van der Waals surface area contributed by atoms with Gasteiger partial charge in [0.2, 0.25) is 11.2 Å². The molecule has 3 aromatic heterocycles. The summed E-state index contributed by atoms with van der Waals surface area (Å²) in [6, 6.07) is -0.981. The first kappa shape index (κ1) is 28.2. The van der Waals surface area contributed by atoms with Gasteiger partial charge in [0.1, 0.15) is 48.7 Å². The van der Waals surface area contributed by atoms with Crippen LogP contribution in [-0.2, 0) is 37.1 Å². The Morgan fingerprint density at radius 1 is 1.31 bits per heavy atom. The number of carbonyl (C=O) groups is 4. The van der Waals surface area contributed by atoms with Crippen molar-refractivity contribution in [1.29, 1.82) is 0 Å². The van der Waals surface area contributed by atoms with Crippen LogP contribution in [0.1, 0.15) is 37.2 Å². The van der Waals surface area contributed by atoms with Crippen LogP contribution in [0.25, 0.3) is 4.83 Å².